The second-order valence-corrected chi connectivity index (χ2v) is 11.7. The molecule has 214 valence electrons. The number of carbonyl (C=O) groups is 2. The quantitative estimate of drug-likeness (QED) is 0.279. The van der Waals surface area contributed by atoms with Gasteiger partial charge in [-0.25, -0.2) is 8.42 Å². The van der Waals surface area contributed by atoms with Crippen molar-refractivity contribution in [3.63, 3.8) is 0 Å². The molecule has 3 aromatic rings. The van der Waals surface area contributed by atoms with Gasteiger partial charge in [0.05, 0.1) is 22.7 Å². The number of aryl methyl sites for hydroxylation is 1. The Balaban J connectivity index is 2.00. The molecule has 10 heteroatoms. The van der Waals surface area contributed by atoms with Gasteiger partial charge >= 0.3 is 0 Å². The lowest BCUT2D eigenvalue weighted by Gasteiger charge is -2.32. The summed E-state index contributed by atoms with van der Waals surface area (Å²) in [6.07, 6.45) is 1.72. The summed E-state index contributed by atoms with van der Waals surface area (Å²) >= 11 is 6.44. The van der Waals surface area contributed by atoms with Gasteiger partial charge in [-0.05, 0) is 62.2 Å². The van der Waals surface area contributed by atoms with E-state index >= 15 is 0 Å². The first-order valence-corrected chi connectivity index (χ1v) is 14.9. The van der Waals surface area contributed by atoms with Gasteiger partial charge in [-0.2, -0.15) is 0 Å². The summed E-state index contributed by atoms with van der Waals surface area (Å²) in [4.78, 5) is 28.4. The lowest BCUT2D eigenvalue weighted by Crippen LogP contribution is -2.51. The number of carbonyl (C=O) groups excluding carboxylic acids is 2. The maximum absolute atomic E-state index is 13.9. The number of halogens is 1. The predicted octanol–water partition coefficient (Wildman–Crippen LogP) is 5.19. The Morgan fingerprint density at radius 1 is 1.00 bits per heavy atom. The lowest BCUT2D eigenvalue weighted by molar-refractivity contribution is -0.139. The van der Waals surface area contributed by atoms with Crippen molar-refractivity contribution in [2.45, 2.75) is 51.1 Å². The number of nitrogens with one attached hydrogen (secondary N) is 1. The Hall–Kier alpha value is -3.56. The minimum Gasteiger partial charge on any atom is -0.497 e. The number of rotatable bonds is 13. The van der Waals surface area contributed by atoms with E-state index in [1.54, 1.807) is 74.7 Å². The summed E-state index contributed by atoms with van der Waals surface area (Å²) in [7, 11) is -2.62. The van der Waals surface area contributed by atoms with Crippen molar-refractivity contribution in [3.05, 3.63) is 88.9 Å². The van der Waals surface area contributed by atoms with Crippen LogP contribution in [-0.4, -0.2) is 51.4 Å². The molecular formula is C30H36ClN3O5S. The van der Waals surface area contributed by atoms with E-state index in [4.69, 9.17) is 16.3 Å². The van der Waals surface area contributed by atoms with Crippen LogP contribution in [0.25, 0.3) is 0 Å². The van der Waals surface area contributed by atoms with Crippen LogP contribution in [0.15, 0.2) is 77.7 Å². The topological polar surface area (TPSA) is 96.0 Å². The smallest absolute Gasteiger partial charge is 0.264 e. The number of unbranched alkanes of at least 4 members (excludes halogenated alkanes) is 1. The molecule has 3 aromatic carbocycles. The average Bonchev–Trinajstić information content (AvgIpc) is 2.95. The van der Waals surface area contributed by atoms with Gasteiger partial charge in [0.1, 0.15) is 18.3 Å². The predicted molar refractivity (Wildman–Crippen MR) is 158 cm³/mol. The highest BCUT2D eigenvalue weighted by Gasteiger charge is 2.33. The van der Waals surface area contributed by atoms with Crippen LogP contribution < -0.4 is 14.4 Å². The monoisotopic (exact) mass is 585 g/mol. The van der Waals surface area contributed by atoms with Gasteiger partial charge in [0.2, 0.25) is 11.8 Å². The molecule has 1 atom stereocenters. The van der Waals surface area contributed by atoms with Crippen LogP contribution in [-0.2, 0) is 26.2 Å². The minimum absolute atomic E-state index is 0.0258. The molecule has 0 radical (unpaired) electrons. The van der Waals surface area contributed by atoms with Crippen molar-refractivity contribution in [2.75, 3.05) is 24.5 Å². The molecule has 0 bridgehead atoms. The fourth-order valence-electron chi connectivity index (χ4n) is 4.05. The molecule has 0 spiro atoms. The molecule has 40 heavy (non-hydrogen) atoms. The van der Waals surface area contributed by atoms with Crippen molar-refractivity contribution < 1.29 is 22.7 Å². The Kier molecular flexibility index (Phi) is 11.0. The highest BCUT2D eigenvalue weighted by Crippen LogP contribution is 2.31. The third kappa shape index (κ3) is 7.76. The van der Waals surface area contributed by atoms with E-state index in [0.29, 0.717) is 12.3 Å². The number of anilines is 1. The molecule has 0 aliphatic carbocycles. The second kappa shape index (κ2) is 14.2. The van der Waals surface area contributed by atoms with Gasteiger partial charge in [0.15, 0.2) is 0 Å². The summed E-state index contributed by atoms with van der Waals surface area (Å²) in [5.74, 6) is -0.216. The zero-order valence-corrected chi connectivity index (χ0v) is 24.8. The first-order valence-electron chi connectivity index (χ1n) is 13.1. The average molecular weight is 586 g/mol. The van der Waals surface area contributed by atoms with Crippen molar-refractivity contribution in [1.29, 1.82) is 0 Å². The van der Waals surface area contributed by atoms with E-state index in [1.165, 1.54) is 17.0 Å². The normalized spacial score (nSPS) is 11.9. The molecular weight excluding hydrogens is 550 g/mol. The second-order valence-electron chi connectivity index (χ2n) is 9.47. The van der Waals surface area contributed by atoms with Crippen LogP contribution >= 0.6 is 11.6 Å². The number of amides is 2. The molecule has 2 amide bonds. The highest BCUT2D eigenvalue weighted by atomic mass is 35.5. The number of hydrogen-bond acceptors (Lipinski definition) is 5. The zero-order valence-electron chi connectivity index (χ0n) is 23.3. The fourth-order valence-corrected chi connectivity index (χ4v) is 5.77. The summed E-state index contributed by atoms with van der Waals surface area (Å²) in [5.41, 5.74) is 1.82. The summed E-state index contributed by atoms with van der Waals surface area (Å²) in [6, 6.07) is 19.1. The van der Waals surface area contributed by atoms with Crippen LogP contribution in [0.3, 0.4) is 0 Å². The SMILES string of the molecule is CCCCNC(=O)[C@H](C)N(Cc1ccc(OC)cc1)C(=O)CN(c1ccccc1Cl)S(=O)(=O)c1ccc(C)cc1. The van der Waals surface area contributed by atoms with Crippen LogP contribution in [0.1, 0.15) is 37.8 Å². The lowest BCUT2D eigenvalue weighted by atomic mass is 10.1. The number of hydrogen-bond donors (Lipinski definition) is 1. The molecule has 0 saturated carbocycles. The number of nitrogens with zero attached hydrogens (tertiary/aromatic N) is 2. The van der Waals surface area contributed by atoms with Gasteiger partial charge < -0.3 is 15.0 Å². The van der Waals surface area contributed by atoms with Gasteiger partial charge in [0, 0.05) is 13.1 Å². The number of para-hydroxylation sites is 1. The fraction of sp³-hybridized carbons (Fsp3) is 0.333. The highest BCUT2D eigenvalue weighted by molar-refractivity contribution is 7.92. The Morgan fingerprint density at radius 2 is 1.65 bits per heavy atom. The maximum Gasteiger partial charge on any atom is 0.264 e. The van der Waals surface area contributed by atoms with E-state index in [-0.39, 0.29) is 28.1 Å². The van der Waals surface area contributed by atoms with Crippen molar-refractivity contribution in [3.8, 4) is 5.75 Å². The third-order valence-corrected chi connectivity index (χ3v) is 8.61. The van der Waals surface area contributed by atoms with E-state index in [0.717, 1.165) is 28.3 Å². The van der Waals surface area contributed by atoms with Crippen LogP contribution in [0.2, 0.25) is 5.02 Å². The van der Waals surface area contributed by atoms with Gasteiger partial charge in [-0.3, -0.25) is 13.9 Å². The number of sulfonamides is 1. The Labute approximate surface area is 241 Å². The van der Waals surface area contributed by atoms with E-state index in [2.05, 4.69) is 5.32 Å². The molecule has 1 N–H and O–H groups in total. The van der Waals surface area contributed by atoms with E-state index < -0.39 is 28.5 Å². The standard InChI is InChI=1S/C30H36ClN3O5S/c1-5-6-19-32-30(36)23(3)33(20-24-13-15-25(39-4)16-14-24)29(35)21-34(28-10-8-7-9-27(28)31)40(37,38)26-17-11-22(2)12-18-26/h7-18,23H,5-6,19-21H2,1-4H3,(H,32,36)/t23-/m0/s1. The molecule has 0 fully saturated rings. The van der Waals surface area contributed by atoms with Crippen molar-refractivity contribution in [1.82, 2.24) is 10.2 Å². The molecule has 0 saturated heterocycles. The Morgan fingerprint density at radius 3 is 2.25 bits per heavy atom. The first-order chi connectivity index (χ1) is 19.1. The zero-order chi connectivity index (χ0) is 29.3. The number of methoxy groups -OCH3 is 1. The van der Waals surface area contributed by atoms with Crippen LogP contribution in [0, 0.1) is 6.92 Å². The molecule has 0 aromatic heterocycles. The third-order valence-electron chi connectivity index (χ3n) is 6.52. The molecule has 0 heterocycles. The largest absolute Gasteiger partial charge is 0.497 e. The summed E-state index contributed by atoms with van der Waals surface area (Å²) < 4.78 is 34.0. The van der Waals surface area contributed by atoms with Crippen LogP contribution in [0.4, 0.5) is 5.69 Å². The molecule has 0 aliphatic heterocycles. The number of ether oxygens (including phenoxy) is 1. The molecule has 0 aliphatic rings. The Bertz CT molecular complexity index is 1400. The molecule has 3 rings (SSSR count). The van der Waals surface area contributed by atoms with E-state index in [1.807, 2.05) is 13.8 Å². The summed E-state index contributed by atoms with van der Waals surface area (Å²) in [6.45, 7) is 5.53. The van der Waals surface area contributed by atoms with Crippen molar-refractivity contribution in [2.24, 2.45) is 0 Å². The molecule has 0 unspecified atom stereocenters. The van der Waals surface area contributed by atoms with Gasteiger partial charge in [-0.1, -0.05) is 66.9 Å². The maximum atomic E-state index is 13.9. The van der Waals surface area contributed by atoms with E-state index in [9.17, 15) is 18.0 Å². The summed E-state index contributed by atoms with van der Waals surface area (Å²) in [5, 5.41) is 3.05. The van der Waals surface area contributed by atoms with Crippen LogP contribution in [0.5, 0.6) is 5.75 Å². The van der Waals surface area contributed by atoms with Gasteiger partial charge in [0.25, 0.3) is 10.0 Å². The van der Waals surface area contributed by atoms with Gasteiger partial charge in [-0.15, -0.1) is 0 Å². The first kappa shape index (κ1) is 31.0. The van der Waals surface area contributed by atoms with Crippen molar-refractivity contribution >= 4 is 39.1 Å². The molecule has 8 nitrogen and oxygen atoms in total. The number of benzene rings is 3. The minimum atomic E-state index is -4.18.